The quantitative estimate of drug-likeness (QED) is 0.876. The molecule has 110 valence electrons. The van der Waals surface area contributed by atoms with Crippen LogP contribution in [0, 0.1) is 6.92 Å². The van der Waals surface area contributed by atoms with Crippen LogP contribution in [0.1, 0.15) is 11.1 Å². The minimum absolute atomic E-state index is 0.253. The van der Waals surface area contributed by atoms with E-state index in [0.717, 1.165) is 15.6 Å². The van der Waals surface area contributed by atoms with Gasteiger partial charge in [0.1, 0.15) is 0 Å². The molecule has 3 nitrogen and oxygen atoms in total. The van der Waals surface area contributed by atoms with Crippen LogP contribution >= 0.6 is 15.9 Å². The first-order valence-electron chi connectivity index (χ1n) is 6.46. The van der Waals surface area contributed by atoms with Crippen LogP contribution in [0.2, 0.25) is 0 Å². The minimum atomic E-state index is -3.45. The van der Waals surface area contributed by atoms with Gasteiger partial charge < -0.3 is 0 Å². The van der Waals surface area contributed by atoms with Gasteiger partial charge in [-0.15, -0.1) is 0 Å². The van der Waals surface area contributed by atoms with Gasteiger partial charge in [0.25, 0.3) is 0 Å². The second-order valence-electron chi connectivity index (χ2n) is 4.62. The molecular formula is C16H16BrNO2S. The fourth-order valence-electron chi connectivity index (χ4n) is 1.76. The zero-order chi connectivity index (χ0) is 15.3. The Kier molecular flexibility index (Phi) is 5.33. The van der Waals surface area contributed by atoms with Gasteiger partial charge in [-0.2, -0.15) is 0 Å². The molecule has 0 bridgehead atoms. The van der Waals surface area contributed by atoms with Crippen molar-refractivity contribution in [3.63, 3.8) is 0 Å². The Bertz CT molecular complexity index is 737. The summed E-state index contributed by atoms with van der Waals surface area (Å²) in [5.74, 6) is 0. The molecule has 0 fully saturated rings. The molecule has 2 rings (SSSR count). The molecule has 0 aliphatic carbocycles. The van der Waals surface area contributed by atoms with Gasteiger partial charge in [-0.25, -0.2) is 13.1 Å². The number of aryl methyl sites for hydroxylation is 1. The molecule has 0 atom stereocenters. The molecule has 1 N–H and O–H groups in total. The smallest absolute Gasteiger partial charge is 0.207 e. The average molecular weight is 366 g/mol. The van der Waals surface area contributed by atoms with E-state index < -0.39 is 10.0 Å². The van der Waals surface area contributed by atoms with Crippen LogP contribution in [-0.2, 0) is 10.0 Å². The van der Waals surface area contributed by atoms with Crippen molar-refractivity contribution in [2.75, 3.05) is 6.54 Å². The number of hydrogen-bond donors (Lipinski definition) is 1. The standard InChI is InChI=1S/C16H16BrNO2S/c1-13-7-9-16(10-8-13)21(19,20)18-11-3-5-14-4-2-6-15(17)12-14/h2-10,12,18H,11H2,1H3/b5-3+. The van der Waals surface area contributed by atoms with Crippen molar-refractivity contribution in [1.82, 2.24) is 4.72 Å². The van der Waals surface area contributed by atoms with Gasteiger partial charge in [0, 0.05) is 11.0 Å². The number of nitrogens with one attached hydrogen (secondary N) is 1. The number of hydrogen-bond acceptors (Lipinski definition) is 2. The summed E-state index contributed by atoms with van der Waals surface area (Å²) in [6.45, 7) is 2.17. The lowest BCUT2D eigenvalue weighted by Crippen LogP contribution is -2.23. The van der Waals surface area contributed by atoms with E-state index in [-0.39, 0.29) is 11.4 Å². The zero-order valence-corrected chi connectivity index (χ0v) is 14.0. The normalized spacial score (nSPS) is 11.9. The van der Waals surface area contributed by atoms with E-state index in [9.17, 15) is 8.42 Å². The van der Waals surface area contributed by atoms with Crippen LogP contribution in [0.4, 0.5) is 0 Å². The first-order chi connectivity index (χ1) is 9.97. The highest BCUT2D eigenvalue weighted by Gasteiger charge is 2.11. The Morgan fingerprint density at radius 2 is 1.86 bits per heavy atom. The largest absolute Gasteiger partial charge is 0.240 e. The molecule has 0 heterocycles. The van der Waals surface area contributed by atoms with Gasteiger partial charge in [0.2, 0.25) is 10.0 Å². The summed E-state index contributed by atoms with van der Waals surface area (Å²) in [4.78, 5) is 0.281. The fourth-order valence-corrected chi connectivity index (χ4v) is 3.16. The second-order valence-corrected chi connectivity index (χ2v) is 7.30. The molecule has 21 heavy (non-hydrogen) atoms. The van der Waals surface area contributed by atoms with Crippen molar-refractivity contribution < 1.29 is 8.42 Å². The van der Waals surface area contributed by atoms with Crippen molar-refractivity contribution in [3.8, 4) is 0 Å². The topological polar surface area (TPSA) is 46.2 Å². The summed E-state index contributed by atoms with van der Waals surface area (Å²) < 4.78 is 27.7. The SMILES string of the molecule is Cc1ccc(S(=O)(=O)NC/C=C/c2cccc(Br)c2)cc1. The van der Waals surface area contributed by atoms with Gasteiger partial charge >= 0.3 is 0 Å². The molecule has 2 aromatic carbocycles. The summed E-state index contributed by atoms with van der Waals surface area (Å²) in [5.41, 5.74) is 2.04. The highest BCUT2D eigenvalue weighted by Crippen LogP contribution is 2.13. The van der Waals surface area contributed by atoms with Crippen LogP contribution in [0.5, 0.6) is 0 Å². The van der Waals surface area contributed by atoms with E-state index in [0.29, 0.717) is 0 Å². The Labute approximate surface area is 133 Å². The second kappa shape index (κ2) is 7.02. The molecule has 0 radical (unpaired) electrons. The van der Waals surface area contributed by atoms with Gasteiger partial charge in [-0.1, -0.05) is 57.9 Å². The molecule has 0 aliphatic heterocycles. The van der Waals surface area contributed by atoms with Crippen LogP contribution in [0.3, 0.4) is 0 Å². The maximum atomic E-state index is 12.1. The van der Waals surface area contributed by atoms with Crippen molar-refractivity contribution in [3.05, 3.63) is 70.2 Å². The summed E-state index contributed by atoms with van der Waals surface area (Å²) in [6, 6.07) is 14.6. The first kappa shape index (κ1) is 15.9. The maximum Gasteiger partial charge on any atom is 0.240 e. The molecule has 0 spiro atoms. The van der Waals surface area contributed by atoms with Gasteiger partial charge in [-0.05, 0) is 36.8 Å². The van der Waals surface area contributed by atoms with E-state index in [2.05, 4.69) is 20.7 Å². The Hall–Kier alpha value is -1.43. The number of halogens is 1. The lowest BCUT2D eigenvalue weighted by atomic mass is 10.2. The van der Waals surface area contributed by atoms with E-state index >= 15 is 0 Å². The van der Waals surface area contributed by atoms with Crippen LogP contribution in [-0.4, -0.2) is 15.0 Å². The summed E-state index contributed by atoms with van der Waals surface area (Å²) in [6.07, 6.45) is 3.66. The Morgan fingerprint density at radius 3 is 2.52 bits per heavy atom. The molecule has 0 aliphatic rings. The first-order valence-corrected chi connectivity index (χ1v) is 8.73. The lowest BCUT2D eigenvalue weighted by molar-refractivity contribution is 0.585. The third-order valence-corrected chi connectivity index (χ3v) is 4.81. The highest BCUT2D eigenvalue weighted by atomic mass is 79.9. The fraction of sp³-hybridized carbons (Fsp3) is 0.125. The van der Waals surface area contributed by atoms with Crippen LogP contribution < -0.4 is 4.72 Å². The van der Waals surface area contributed by atoms with Crippen LogP contribution in [0.25, 0.3) is 6.08 Å². The van der Waals surface area contributed by atoms with Gasteiger partial charge in [-0.3, -0.25) is 0 Å². The predicted octanol–water partition coefficient (Wildman–Crippen LogP) is 3.75. The van der Waals surface area contributed by atoms with Gasteiger partial charge in [0.15, 0.2) is 0 Å². The molecule has 0 amide bonds. The van der Waals surface area contributed by atoms with Crippen molar-refractivity contribution >= 4 is 32.0 Å². The third kappa shape index (κ3) is 4.81. The van der Waals surface area contributed by atoms with Gasteiger partial charge in [0.05, 0.1) is 4.90 Å². The Balaban J connectivity index is 1.97. The van der Waals surface area contributed by atoms with Crippen LogP contribution in [0.15, 0.2) is 64.0 Å². The highest BCUT2D eigenvalue weighted by molar-refractivity contribution is 9.10. The maximum absolute atomic E-state index is 12.1. The molecule has 0 unspecified atom stereocenters. The molecule has 2 aromatic rings. The Morgan fingerprint density at radius 1 is 1.14 bits per heavy atom. The molecule has 0 saturated carbocycles. The average Bonchev–Trinajstić information content (AvgIpc) is 2.44. The monoisotopic (exact) mass is 365 g/mol. The third-order valence-electron chi connectivity index (χ3n) is 2.88. The predicted molar refractivity (Wildman–Crippen MR) is 89.5 cm³/mol. The summed E-state index contributed by atoms with van der Waals surface area (Å²) in [7, 11) is -3.45. The lowest BCUT2D eigenvalue weighted by Gasteiger charge is -2.04. The van der Waals surface area contributed by atoms with E-state index in [1.54, 1.807) is 30.3 Å². The molecule has 5 heteroatoms. The van der Waals surface area contributed by atoms with Crippen molar-refractivity contribution in [2.45, 2.75) is 11.8 Å². The summed E-state index contributed by atoms with van der Waals surface area (Å²) in [5, 5.41) is 0. The molecule has 0 saturated heterocycles. The number of rotatable bonds is 5. The van der Waals surface area contributed by atoms with Crippen molar-refractivity contribution in [1.29, 1.82) is 0 Å². The minimum Gasteiger partial charge on any atom is -0.207 e. The molecular weight excluding hydrogens is 350 g/mol. The van der Waals surface area contributed by atoms with Crippen molar-refractivity contribution in [2.24, 2.45) is 0 Å². The number of sulfonamides is 1. The number of benzene rings is 2. The van der Waals surface area contributed by atoms with E-state index in [4.69, 9.17) is 0 Å². The van der Waals surface area contributed by atoms with E-state index in [1.807, 2.05) is 37.3 Å². The zero-order valence-electron chi connectivity index (χ0n) is 11.6. The van der Waals surface area contributed by atoms with E-state index in [1.165, 1.54) is 0 Å². The molecule has 0 aromatic heterocycles. The summed E-state index contributed by atoms with van der Waals surface area (Å²) >= 11 is 3.39.